The minimum absolute atomic E-state index is 0.0755. The summed E-state index contributed by atoms with van der Waals surface area (Å²) in [5.74, 6) is 0.0781. The maximum atomic E-state index is 12.4. The summed E-state index contributed by atoms with van der Waals surface area (Å²) in [4.78, 5) is 29.7. The highest BCUT2D eigenvalue weighted by Crippen LogP contribution is 2.38. The fourth-order valence-electron chi connectivity index (χ4n) is 2.80. The number of thiazole rings is 1. The molecule has 0 spiro atoms. The zero-order chi connectivity index (χ0) is 19.1. The largest absolute Gasteiger partial charge is 0.479 e. The maximum Gasteiger partial charge on any atom is 0.266 e. The molecule has 0 fully saturated rings. The topological polar surface area (TPSA) is 68.3 Å². The lowest BCUT2D eigenvalue weighted by atomic mass is 9.78. The molecule has 2 aromatic rings. The predicted molar refractivity (Wildman–Crippen MR) is 104 cm³/mol. The van der Waals surface area contributed by atoms with Crippen LogP contribution in [0.15, 0.2) is 18.2 Å². The summed E-state index contributed by atoms with van der Waals surface area (Å²) in [7, 11) is 0. The first-order valence-corrected chi connectivity index (χ1v) is 9.67. The van der Waals surface area contributed by atoms with E-state index in [1.807, 2.05) is 13.8 Å². The molecule has 1 aromatic heterocycles. The molecule has 1 aliphatic carbocycles. The van der Waals surface area contributed by atoms with Crippen LogP contribution in [0.25, 0.3) is 0 Å². The number of fused-ring (bicyclic) bond motifs is 1. The quantitative estimate of drug-likeness (QED) is 0.765. The van der Waals surface area contributed by atoms with Gasteiger partial charge < -0.3 is 4.74 Å². The van der Waals surface area contributed by atoms with E-state index in [9.17, 15) is 9.59 Å². The van der Waals surface area contributed by atoms with E-state index in [1.54, 1.807) is 25.1 Å². The highest BCUT2D eigenvalue weighted by atomic mass is 35.5. The standard InChI is InChI=1S/C18H18Cl2N2O3S/c1-9(25-14-5-4-10(19)6-11(14)20)16(24)22-17-21-12-7-18(2,3)8-13(23)15(12)26-17/h4-6,9H,7-8H2,1-3H3,(H,21,22,24)/t9-/m0/s1. The van der Waals surface area contributed by atoms with Gasteiger partial charge in [0.1, 0.15) is 5.75 Å². The van der Waals surface area contributed by atoms with E-state index >= 15 is 0 Å². The Kier molecular flexibility index (Phi) is 5.28. The van der Waals surface area contributed by atoms with Gasteiger partial charge in [0.25, 0.3) is 5.91 Å². The van der Waals surface area contributed by atoms with Gasteiger partial charge in [-0.15, -0.1) is 0 Å². The third kappa shape index (κ3) is 4.19. The number of anilines is 1. The van der Waals surface area contributed by atoms with Crippen molar-refractivity contribution in [2.75, 3.05) is 5.32 Å². The van der Waals surface area contributed by atoms with Crippen LogP contribution in [0.1, 0.15) is 42.6 Å². The molecule has 1 aliphatic rings. The predicted octanol–water partition coefficient (Wildman–Crippen LogP) is 5.01. The number of halogens is 2. The number of Topliss-reactive ketones (excluding diaryl/α,β-unsaturated/α-hetero) is 1. The number of rotatable bonds is 4. The molecule has 0 unspecified atom stereocenters. The number of ketones is 1. The number of amides is 1. The molecule has 5 nitrogen and oxygen atoms in total. The van der Waals surface area contributed by atoms with E-state index < -0.39 is 6.10 Å². The van der Waals surface area contributed by atoms with Crippen molar-refractivity contribution >= 4 is 51.4 Å². The van der Waals surface area contributed by atoms with Gasteiger partial charge in [0.2, 0.25) is 0 Å². The molecule has 8 heteroatoms. The number of nitrogens with one attached hydrogen (secondary N) is 1. The second-order valence-electron chi connectivity index (χ2n) is 7.06. The van der Waals surface area contributed by atoms with Gasteiger partial charge >= 0.3 is 0 Å². The number of aromatic nitrogens is 1. The number of benzene rings is 1. The average molecular weight is 413 g/mol. The summed E-state index contributed by atoms with van der Waals surface area (Å²) >= 11 is 13.1. The van der Waals surface area contributed by atoms with Crippen LogP contribution >= 0.6 is 34.5 Å². The first-order chi connectivity index (χ1) is 12.1. The summed E-state index contributed by atoms with van der Waals surface area (Å²) < 4.78 is 5.60. The van der Waals surface area contributed by atoms with E-state index in [2.05, 4.69) is 10.3 Å². The fraction of sp³-hybridized carbons (Fsp3) is 0.389. The van der Waals surface area contributed by atoms with Gasteiger partial charge in [0.05, 0.1) is 15.6 Å². The van der Waals surface area contributed by atoms with Crippen molar-refractivity contribution in [1.29, 1.82) is 0 Å². The Morgan fingerprint density at radius 2 is 2.08 bits per heavy atom. The first kappa shape index (κ1) is 19.1. The van der Waals surface area contributed by atoms with E-state index in [-0.39, 0.29) is 17.1 Å². The molecule has 26 heavy (non-hydrogen) atoms. The van der Waals surface area contributed by atoms with Crippen LogP contribution in [0.5, 0.6) is 5.75 Å². The average Bonchev–Trinajstić information content (AvgIpc) is 2.91. The van der Waals surface area contributed by atoms with E-state index in [4.69, 9.17) is 27.9 Å². The summed E-state index contributed by atoms with van der Waals surface area (Å²) in [6, 6.07) is 4.79. The van der Waals surface area contributed by atoms with E-state index in [1.165, 1.54) is 11.3 Å². The lowest BCUT2D eigenvalue weighted by Gasteiger charge is -2.26. The van der Waals surface area contributed by atoms with Crippen LogP contribution in [0.3, 0.4) is 0 Å². The van der Waals surface area contributed by atoms with Gasteiger partial charge in [-0.3, -0.25) is 14.9 Å². The maximum absolute atomic E-state index is 12.4. The molecule has 3 rings (SSSR count). The lowest BCUT2D eigenvalue weighted by Crippen LogP contribution is -2.30. The van der Waals surface area contributed by atoms with Crippen molar-refractivity contribution in [3.8, 4) is 5.75 Å². The highest BCUT2D eigenvalue weighted by molar-refractivity contribution is 7.17. The summed E-state index contributed by atoms with van der Waals surface area (Å²) in [5, 5.41) is 3.94. The molecule has 0 radical (unpaired) electrons. The third-order valence-corrected chi connectivity index (χ3v) is 5.62. The van der Waals surface area contributed by atoms with Crippen LogP contribution in [-0.4, -0.2) is 22.8 Å². The van der Waals surface area contributed by atoms with Crippen LogP contribution in [0, 0.1) is 5.41 Å². The number of carbonyl (C=O) groups is 2. The Morgan fingerprint density at radius 1 is 1.35 bits per heavy atom. The van der Waals surface area contributed by atoms with Gasteiger partial charge in [0, 0.05) is 11.4 Å². The first-order valence-electron chi connectivity index (χ1n) is 8.10. The minimum Gasteiger partial charge on any atom is -0.479 e. The molecule has 0 saturated carbocycles. The molecule has 0 saturated heterocycles. The Hall–Kier alpha value is -1.63. The number of carbonyl (C=O) groups excluding carboxylic acids is 2. The van der Waals surface area contributed by atoms with Gasteiger partial charge in [-0.2, -0.15) is 0 Å². The zero-order valence-electron chi connectivity index (χ0n) is 14.6. The number of nitrogens with zero attached hydrogens (tertiary/aromatic N) is 1. The Labute approximate surface area is 165 Å². The fourth-order valence-corrected chi connectivity index (χ4v) is 4.17. The number of hydrogen-bond donors (Lipinski definition) is 1. The molecular formula is C18H18Cl2N2O3S. The Bertz CT molecular complexity index is 879. The second kappa shape index (κ2) is 7.18. The summed E-state index contributed by atoms with van der Waals surface area (Å²) in [5.41, 5.74) is 0.641. The van der Waals surface area contributed by atoms with Crippen LogP contribution < -0.4 is 10.1 Å². The van der Waals surface area contributed by atoms with Crippen LogP contribution in [0.2, 0.25) is 10.0 Å². The molecule has 1 aromatic carbocycles. The Balaban J connectivity index is 1.69. The molecular weight excluding hydrogens is 395 g/mol. The van der Waals surface area contributed by atoms with Crippen molar-refractivity contribution in [2.45, 2.75) is 39.7 Å². The second-order valence-corrected chi connectivity index (χ2v) is 8.90. The molecule has 0 aliphatic heterocycles. The van der Waals surface area contributed by atoms with Crippen LogP contribution in [0.4, 0.5) is 5.13 Å². The van der Waals surface area contributed by atoms with Crippen LogP contribution in [-0.2, 0) is 11.2 Å². The van der Waals surface area contributed by atoms with E-state index in [0.29, 0.717) is 38.6 Å². The normalized spacial score (nSPS) is 16.7. The summed E-state index contributed by atoms with van der Waals surface area (Å²) in [6.45, 7) is 5.69. The van der Waals surface area contributed by atoms with Crippen molar-refractivity contribution in [2.24, 2.45) is 5.41 Å². The van der Waals surface area contributed by atoms with E-state index in [0.717, 1.165) is 5.69 Å². The molecule has 138 valence electrons. The third-order valence-electron chi connectivity index (χ3n) is 4.03. The minimum atomic E-state index is -0.790. The summed E-state index contributed by atoms with van der Waals surface area (Å²) in [6.07, 6.45) is 0.415. The van der Waals surface area contributed by atoms with Crippen molar-refractivity contribution in [1.82, 2.24) is 4.98 Å². The van der Waals surface area contributed by atoms with Crippen molar-refractivity contribution in [3.63, 3.8) is 0 Å². The molecule has 1 heterocycles. The van der Waals surface area contributed by atoms with Crippen molar-refractivity contribution in [3.05, 3.63) is 38.8 Å². The SMILES string of the molecule is C[C@H](Oc1ccc(Cl)cc1Cl)C(=O)Nc1nc2c(s1)C(=O)CC(C)(C)C2. The smallest absolute Gasteiger partial charge is 0.266 e. The molecule has 1 amide bonds. The number of ether oxygens (including phenoxy) is 1. The highest BCUT2D eigenvalue weighted by Gasteiger charge is 2.34. The zero-order valence-corrected chi connectivity index (χ0v) is 16.9. The van der Waals surface area contributed by atoms with Gasteiger partial charge in [-0.05, 0) is 37.0 Å². The number of hydrogen-bond acceptors (Lipinski definition) is 5. The molecule has 1 N–H and O–H groups in total. The molecule has 0 bridgehead atoms. The van der Waals surface area contributed by atoms with Gasteiger partial charge in [-0.25, -0.2) is 4.98 Å². The molecule has 1 atom stereocenters. The van der Waals surface area contributed by atoms with Gasteiger partial charge in [-0.1, -0.05) is 48.4 Å². The van der Waals surface area contributed by atoms with Gasteiger partial charge in [0.15, 0.2) is 17.0 Å². The van der Waals surface area contributed by atoms with Crippen molar-refractivity contribution < 1.29 is 14.3 Å². The monoisotopic (exact) mass is 412 g/mol. The lowest BCUT2D eigenvalue weighted by molar-refractivity contribution is -0.122. The Morgan fingerprint density at radius 3 is 2.77 bits per heavy atom.